The van der Waals surface area contributed by atoms with E-state index >= 15 is 0 Å². The van der Waals surface area contributed by atoms with E-state index in [2.05, 4.69) is 17.0 Å². The Hall–Kier alpha value is -2.59. The molecule has 168 valence electrons. The number of carbonyl (C=O) groups excluding carboxylic acids is 1. The summed E-state index contributed by atoms with van der Waals surface area (Å²) in [6.07, 6.45) is 0. The van der Waals surface area contributed by atoms with Gasteiger partial charge in [-0.2, -0.15) is 0 Å². The van der Waals surface area contributed by atoms with Crippen molar-refractivity contribution in [1.82, 2.24) is 9.88 Å². The molecule has 1 fully saturated rings. The average molecular weight is 475 g/mol. The van der Waals surface area contributed by atoms with Crippen LogP contribution < -0.4 is 4.90 Å². The molecule has 1 amide bonds. The number of nitro benzene ring substituents is 1. The predicted molar refractivity (Wildman–Crippen MR) is 126 cm³/mol. The van der Waals surface area contributed by atoms with Crippen molar-refractivity contribution in [2.75, 3.05) is 44.3 Å². The molecule has 0 bridgehead atoms. The molecule has 1 saturated heterocycles. The van der Waals surface area contributed by atoms with Crippen molar-refractivity contribution < 1.29 is 14.5 Å². The van der Waals surface area contributed by atoms with Gasteiger partial charge in [-0.3, -0.25) is 24.7 Å². The summed E-state index contributed by atoms with van der Waals surface area (Å²) >= 11 is 7.72. The summed E-state index contributed by atoms with van der Waals surface area (Å²) in [4.78, 5) is 32.9. The Morgan fingerprint density at radius 1 is 1.28 bits per heavy atom. The maximum atomic E-state index is 13.6. The molecule has 2 heterocycles. The second kappa shape index (κ2) is 9.50. The first kappa shape index (κ1) is 22.6. The highest BCUT2D eigenvalue weighted by Gasteiger charge is 2.26. The topological polar surface area (TPSA) is 88.8 Å². The Bertz CT molecular complexity index is 1180. The maximum Gasteiger partial charge on any atom is 0.270 e. The zero-order valence-electron chi connectivity index (χ0n) is 17.8. The van der Waals surface area contributed by atoms with Gasteiger partial charge in [-0.25, -0.2) is 4.98 Å². The molecule has 8 nitrogen and oxygen atoms in total. The molecule has 1 aliphatic rings. The van der Waals surface area contributed by atoms with E-state index in [1.807, 2.05) is 13.8 Å². The van der Waals surface area contributed by atoms with Crippen LogP contribution in [0.5, 0.6) is 0 Å². The minimum Gasteiger partial charge on any atom is -0.379 e. The molecule has 4 rings (SSSR count). The normalized spacial score (nSPS) is 14.6. The first-order valence-corrected chi connectivity index (χ1v) is 11.5. The molecule has 0 N–H and O–H groups in total. The van der Waals surface area contributed by atoms with Crippen LogP contribution in [0.1, 0.15) is 21.5 Å². The lowest BCUT2D eigenvalue weighted by molar-refractivity contribution is -0.384. The van der Waals surface area contributed by atoms with Gasteiger partial charge in [-0.05, 0) is 37.1 Å². The summed E-state index contributed by atoms with van der Waals surface area (Å²) in [6, 6.07) is 8.02. The molecular formula is C22H23ClN4O4S. The molecule has 1 aromatic heterocycles. The number of thiazole rings is 1. The number of anilines is 1. The minimum absolute atomic E-state index is 0.0926. The Balaban J connectivity index is 1.72. The highest BCUT2D eigenvalue weighted by molar-refractivity contribution is 7.22. The number of fused-ring (bicyclic) bond motifs is 1. The smallest absolute Gasteiger partial charge is 0.270 e. The van der Waals surface area contributed by atoms with Crippen LogP contribution in [0.4, 0.5) is 10.8 Å². The fourth-order valence-corrected chi connectivity index (χ4v) is 5.13. The molecule has 0 saturated carbocycles. The number of rotatable bonds is 6. The van der Waals surface area contributed by atoms with Gasteiger partial charge in [-0.1, -0.05) is 29.0 Å². The van der Waals surface area contributed by atoms with Crippen molar-refractivity contribution in [3.63, 3.8) is 0 Å². The number of aromatic nitrogens is 1. The molecule has 32 heavy (non-hydrogen) atoms. The van der Waals surface area contributed by atoms with Crippen LogP contribution in [0, 0.1) is 24.0 Å². The van der Waals surface area contributed by atoms with E-state index in [4.69, 9.17) is 21.3 Å². The van der Waals surface area contributed by atoms with Crippen molar-refractivity contribution in [2.45, 2.75) is 13.8 Å². The first-order valence-electron chi connectivity index (χ1n) is 10.3. The third kappa shape index (κ3) is 4.75. The summed E-state index contributed by atoms with van der Waals surface area (Å²) in [6.45, 7) is 7.93. The second-order valence-electron chi connectivity index (χ2n) is 7.76. The lowest BCUT2D eigenvalue weighted by Gasteiger charge is -2.29. The molecule has 0 radical (unpaired) electrons. The lowest BCUT2D eigenvalue weighted by atomic mass is 10.1. The van der Waals surface area contributed by atoms with Crippen molar-refractivity contribution in [3.05, 3.63) is 62.2 Å². The Labute approximate surface area is 194 Å². The molecule has 0 aliphatic carbocycles. The van der Waals surface area contributed by atoms with E-state index in [1.54, 1.807) is 4.90 Å². The number of morpholine rings is 1. The van der Waals surface area contributed by atoms with E-state index in [0.717, 1.165) is 34.4 Å². The van der Waals surface area contributed by atoms with Crippen LogP contribution in [0.15, 0.2) is 30.3 Å². The second-order valence-corrected chi connectivity index (χ2v) is 9.17. The van der Waals surface area contributed by atoms with Crippen molar-refractivity contribution in [3.8, 4) is 0 Å². The van der Waals surface area contributed by atoms with Crippen LogP contribution >= 0.6 is 22.9 Å². The third-order valence-corrected chi connectivity index (χ3v) is 6.78. The average Bonchev–Trinajstić information content (AvgIpc) is 3.18. The van der Waals surface area contributed by atoms with Gasteiger partial charge in [0.2, 0.25) is 0 Å². The quantitative estimate of drug-likeness (QED) is 0.387. The number of benzene rings is 2. The molecule has 0 unspecified atom stereocenters. The largest absolute Gasteiger partial charge is 0.379 e. The van der Waals surface area contributed by atoms with Crippen molar-refractivity contribution >= 4 is 49.9 Å². The summed E-state index contributed by atoms with van der Waals surface area (Å²) in [5.74, 6) is -0.402. The van der Waals surface area contributed by atoms with Crippen LogP contribution in [0.3, 0.4) is 0 Å². The van der Waals surface area contributed by atoms with Gasteiger partial charge >= 0.3 is 0 Å². The number of ether oxygens (including phenoxy) is 1. The molecule has 2 aromatic carbocycles. The summed E-state index contributed by atoms with van der Waals surface area (Å²) in [7, 11) is 0. The standard InChI is InChI=1S/C22H23ClN4O4S/c1-14-11-15(2)20-19(12-14)32-22(24-20)26(6-5-25-7-9-31-10-8-25)21(28)17-13-16(27(29)30)3-4-18(17)23/h3-4,11-13H,5-10H2,1-2H3. The van der Waals surface area contributed by atoms with E-state index in [0.29, 0.717) is 31.4 Å². The van der Waals surface area contributed by atoms with Crippen LogP contribution in [-0.2, 0) is 4.74 Å². The zero-order chi connectivity index (χ0) is 22.8. The van der Waals surface area contributed by atoms with Crippen LogP contribution in [0.2, 0.25) is 5.02 Å². The SMILES string of the molecule is Cc1cc(C)c2nc(N(CCN3CCOCC3)C(=O)c3cc([N+](=O)[O-])ccc3Cl)sc2c1. The van der Waals surface area contributed by atoms with E-state index in [1.165, 1.54) is 29.5 Å². The van der Waals surface area contributed by atoms with Crippen LogP contribution in [-0.4, -0.2) is 60.1 Å². The van der Waals surface area contributed by atoms with Crippen molar-refractivity contribution in [2.24, 2.45) is 0 Å². The number of nitrogens with zero attached hydrogens (tertiary/aromatic N) is 4. The number of halogens is 1. The van der Waals surface area contributed by atoms with Gasteiger partial charge in [-0.15, -0.1) is 0 Å². The highest BCUT2D eigenvalue weighted by Crippen LogP contribution is 2.33. The van der Waals surface area contributed by atoms with Gasteiger partial charge in [0.1, 0.15) is 0 Å². The van der Waals surface area contributed by atoms with Gasteiger partial charge in [0, 0.05) is 38.3 Å². The van der Waals surface area contributed by atoms with E-state index < -0.39 is 10.8 Å². The molecule has 0 spiro atoms. The fraction of sp³-hybridized carbons (Fsp3) is 0.364. The number of nitro groups is 1. The minimum atomic E-state index is -0.533. The van der Waals surface area contributed by atoms with Gasteiger partial charge in [0.05, 0.1) is 38.9 Å². The first-order chi connectivity index (χ1) is 15.3. The zero-order valence-corrected chi connectivity index (χ0v) is 19.4. The Morgan fingerprint density at radius 2 is 2.03 bits per heavy atom. The number of carbonyl (C=O) groups is 1. The monoisotopic (exact) mass is 474 g/mol. The molecule has 10 heteroatoms. The van der Waals surface area contributed by atoms with E-state index in [9.17, 15) is 14.9 Å². The number of amides is 1. The molecule has 1 aliphatic heterocycles. The van der Waals surface area contributed by atoms with Gasteiger partial charge < -0.3 is 4.74 Å². The van der Waals surface area contributed by atoms with Crippen LogP contribution in [0.25, 0.3) is 10.2 Å². The molecular weight excluding hydrogens is 452 g/mol. The summed E-state index contributed by atoms with van der Waals surface area (Å²) in [5, 5.41) is 12.0. The fourth-order valence-electron chi connectivity index (χ4n) is 3.76. The Kier molecular flexibility index (Phi) is 6.71. The summed E-state index contributed by atoms with van der Waals surface area (Å²) in [5.41, 5.74) is 2.93. The van der Waals surface area contributed by atoms with Gasteiger partial charge in [0.15, 0.2) is 5.13 Å². The van der Waals surface area contributed by atoms with Gasteiger partial charge in [0.25, 0.3) is 11.6 Å². The number of non-ortho nitro benzene ring substituents is 1. The Morgan fingerprint density at radius 3 is 2.75 bits per heavy atom. The number of aryl methyl sites for hydroxylation is 2. The third-order valence-electron chi connectivity index (χ3n) is 5.43. The number of hydrogen-bond acceptors (Lipinski definition) is 7. The highest BCUT2D eigenvalue weighted by atomic mass is 35.5. The molecule has 0 atom stereocenters. The van der Waals surface area contributed by atoms with E-state index in [-0.39, 0.29) is 16.3 Å². The molecule has 3 aromatic rings. The number of hydrogen-bond donors (Lipinski definition) is 0. The van der Waals surface area contributed by atoms with Crippen molar-refractivity contribution in [1.29, 1.82) is 0 Å². The summed E-state index contributed by atoms with van der Waals surface area (Å²) < 4.78 is 6.40. The predicted octanol–water partition coefficient (Wildman–Crippen LogP) is 4.45. The maximum absolute atomic E-state index is 13.6. The lowest BCUT2D eigenvalue weighted by Crippen LogP contribution is -2.43.